The Balaban J connectivity index is 1.55. The molecule has 4 aromatic rings. The molecule has 0 atom stereocenters. The molecule has 0 bridgehead atoms. The number of hydrogen-bond acceptors (Lipinski definition) is 4. The van der Waals surface area contributed by atoms with Crippen molar-refractivity contribution in [2.75, 3.05) is 4.72 Å². The number of sulfonamides is 1. The predicted octanol–water partition coefficient (Wildman–Crippen LogP) is 5.46. The van der Waals surface area contributed by atoms with E-state index >= 15 is 0 Å². The molecule has 0 radical (unpaired) electrons. The van der Waals surface area contributed by atoms with Gasteiger partial charge in [-0.15, -0.1) is 0 Å². The highest BCUT2D eigenvalue weighted by Gasteiger charge is 2.15. The number of rotatable bonds is 5. The van der Waals surface area contributed by atoms with Crippen molar-refractivity contribution in [3.05, 3.63) is 90.1 Å². The molecule has 1 N–H and O–H groups in total. The van der Waals surface area contributed by atoms with Crippen LogP contribution in [0.2, 0.25) is 5.02 Å². The van der Waals surface area contributed by atoms with Crippen LogP contribution < -0.4 is 4.72 Å². The molecule has 0 amide bonds. The van der Waals surface area contributed by atoms with Crippen LogP contribution in [0.15, 0.2) is 94.4 Å². The lowest BCUT2D eigenvalue weighted by molar-refractivity contribution is 0.588. The third-order valence-corrected chi connectivity index (χ3v) is 5.72. The molecule has 4 rings (SSSR count). The second-order valence-corrected chi connectivity index (χ2v) is 8.15. The van der Waals surface area contributed by atoms with Crippen molar-refractivity contribution in [3.8, 4) is 22.8 Å². The van der Waals surface area contributed by atoms with Crippen molar-refractivity contribution in [2.24, 2.45) is 0 Å². The number of anilines is 1. The molecule has 0 aliphatic heterocycles. The highest BCUT2D eigenvalue weighted by molar-refractivity contribution is 7.92. The first-order valence-electron chi connectivity index (χ1n) is 8.41. The molecule has 0 aliphatic carbocycles. The van der Waals surface area contributed by atoms with E-state index in [9.17, 15) is 8.42 Å². The topological polar surface area (TPSA) is 72.2 Å². The van der Waals surface area contributed by atoms with Crippen LogP contribution >= 0.6 is 11.6 Å². The zero-order valence-electron chi connectivity index (χ0n) is 14.5. The summed E-state index contributed by atoms with van der Waals surface area (Å²) in [4.78, 5) is 4.43. The van der Waals surface area contributed by atoms with E-state index in [2.05, 4.69) is 9.71 Å². The summed E-state index contributed by atoms with van der Waals surface area (Å²) in [6.45, 7) is 0. The molecule has 0 spiro atoms. The van der Waals surface area contributed by atoms with Crippen LogP contribution in [0.25, 0.3) is 22.8 Å². The second-order valence-electron chi connectivity index (χ2n) is 6.03. The van der Waals surface area contributed by atoms with Gasteiger partial charge in [-0.2, -0.15) is 0 Å². The first-order chi connectivity index (χ1) is 13.5. The summed E-state index contributed by atoms with van der Waals surface area (Å²) in [6.07, 6.45) is 1.65. The number of benzene rings is 3. The van der Waals surface area contributed by atoms with E-state index in [0.29, 0.717) is 27.9 Å². The lowest BCUT2D eigenvalue weighted by atomic mass is 10.2. The highest BCUT2D eigenvalue weighted by Crippen LogP contribution is 2.27. The Bertz CT molecular complexity index is 1190. The van der Waals surface area contributed by atoms with Crippen molar-refractivity contribution in [1.82, 2.24) is 4.98 Å². The van der Waals surface area contributed by atoms with E-state index in [4.69, 9.17) is 16.0 Å². The smallest absolute Gasteiger partial charge is 0.261 e. The Morgan fingerprint density at radius 3 is 2.18 bits per heavy atom. The number of halogens is 1. The molecule has 0 unspecified atom stereocenters. The van der Waals surface area contributed by atoms with Gasteiger partial charge in [-0.05, 0) is 48.5 Å². The zero-order valence-corrected chi connectivity index (χ0v) is 16.1. The first-order valence-corrected chi connectivity index (χ1v) is 10.3. The van der Waals surface area contributed by atoms with Crippen molar-refractivity contribution in [1.29, 1.82) is 0 Å². The van der Waals surface area contributed by atoms with Gasteiger partial charge in [-0.25, -0.2) is 13.4 Å². The van der Waals surface area contributed by atoms with Gasteiger partial charge in [-0.3, -0.25) is 4.72 Å². The molecular weight excluding hydrogens is 396 g/mol. The molecule has 1 aromatic heterocycles. The van der Waals surface area contributed by atoms with Crippen LogP contribution in [0.3, 0.4) is 0 Å². The van der Waals surface area contributed by atoms with E-state index in [0.717, 1.165) is 5.56 Å². The summed E-state index contributed by atoms with van der Waals surface area (Å²) < 4.78 is 33.4. The largest absolute Gasteiger partial charge is 0.436 e. The van der Waals surface area contributed by atoms with Crippen LogP contribution in [-0.2, 0) is 10.0 Å². The first kappa shape index (κ1) is 18.3. The predicted molar refractivity (Wildman–Crippen MR) is 110 cm³/mol. The second kappa shape index (κ2) is 7.50. The minimum absolute atomic E-state index is 0.140. The van der Waals surface area contributed by atoms with Gasteiger partial charge in [0, 0.05) is 21.8 Å². The maximum Gasteiger partial charge on any atom is 0.261 e. The van der Waals surface area contributed by atoms with Gasteiger partial charge in [0.2, 0.25) is 5.89 Å². The van der Waals surface area contributed by atoms with Crippen molar-refractivity contribution in [2.45, 2.75) is 4.90 Å². The molecule has 1 heterocycles. The van der Waals surface area contributed by atoms with E-state index in [1.807, 2.05) is 30.3 Å². The van der Waals surface area contributed by atoms with E-state index in [-0.39, 0.29) is 4.90 Å². The van der Waals surface area contributed by atoms with Crippen molar-refractivity contribution >= 4 is 27.3 Å². The Morgan fingerprint density at radius 2 is 1.50 bits per heavy atom. The van der Waals surface area contributed by atoms with Gasteiger partial charge >= 0.3 is 0 Å². The van der Waals surface area contributed by atoms with Gasteiger partial charge in [-0.1, -0.05) is 41.9 Å². The molecule has 28 heavy (non-hydrogen) atoms. The summed E-state index contributed by atoms with van der Waals surface area (Å²) in [6, 6.07) is 22.4. The Labute approximate surface area is 167 Å². The minimum atomic E-state index is -3.71. The molecule has 0 saturated heterocycles. The Hall–Kier alpha value is -3.09. The van der Waals surface area contributed by atoms with Crippen LogP contribution in [0.4, 0.5) is 5.69 Å². The molecule has 7 heteroatoms. The number of aromatic nitrogens is 1. The van der Waals surface area contributed by atoms with Gasteiger partial charge < -0.3 is 4.42 Å². The van der Waals surface area contributed by atoms with E-state index in [1.54, 1.807) is 42.6 Å². The third kappa shape index (κ3) is 3.93. The average molecular weight is 411 g/mol. The average Bonchev–Trinajstić information content (AvgIpc) is 3.21. The Morgan fingerprint density at radius 1 is 0.821 bits per heavy atom. The fourth-order valence-corrected chi connectivity index (χ4v) is 3.84. The molecule has 0 aliphatic rings. The summed E-state index contributed by atoms with van der Waals surface area (Å²) in [5.74, 6) is 1.07. The fraction of sp³-hybridized carbons (Fsp3) is 0. The van der Waals surface area contributed by atoms with Gasteiger partial charge in [0.1, 0.15) is 0 Å². The van der Waals surface area contributed by atoms with Crippen LogP contribution in [0.1, 0.15) is 0 Å². The number of nitrogens with zero attached hydrogens (tertiary/aromatic N) is 1. The maximum atomic E-state index is 12.5. The molecule has 0 fully saturated rings. The van der Waals surface area contributed by atoms with Crippen LogP contribution in [-0.4, -0.2) is 13.4 Å². The SMILES string of the molecule is O=S(=O)(Nc1ccc(Cl)cc1)c1ccc(-c2ncc(-c3ccccc3)o2)cc1. The van der Waals surface area contributed by atoms with Gasteiger partial charge in [0.05, 0.1) is 11.1 Å². The number of nitrogens with one attached hydrogen (secondary N) is 1. The summed E-state index contributed by atoms with van der Waals surface area (Å²) in [5, 5.41) is 0.535. The molecule has 5 nitrogen and oxygen atoms in total. The van der Waals surface area contributed by atoms with Gasteiger partial charge in [0.25, 0.3) is 10.0 Å². The number of oxazole rings is 1. The van der Waals surface area contributed by atoms with Gasteiger partial charge in [0.15, 0.2) is 5.76 Å². The third-order valence-electron chi connectivity index (χ3n) is 4.07. The van der Waals surface area contributed by atoms with E-state index < -0.39 is 10.0 Å². The Kier molecular flexibility index (Phi) is 4.90. The van der Waals surface area contributed by atoms with Crippen LogP contribution in [0.5, 0.6) is 0 Å². The highest BCUT2D eigenvalue weighted by atomic mass is 35.5. The monoisotopic (exact) mass is 410 g/mol. The fourth-order valence-electron chi connectivity index (χ4n) is 2.65. The molecule has 0 saturated carbocycles. The quantitative estimate of drug-likeness (QED) is 0.474. The normalized spacial score (nSPS) is 11.3. The minimum Gasteiger partial charge on any atom is -0.436 e. The standard InChI is InChI=1S/C21H15ClN2O3S/c22-17-8-10-18(11-9-17)24-28(25,26)19-12-6-16(7-13-19)21-23-14-20(27-21)15-4-2-1-3-5-15/h1-14,24H. The number of hydrogen-bond donors (Lipinski definition) is 1. The summed E-state index contributed by atoms with van der Waals surface area (Å²) in [7, 11) is -3.71. The van der Waals surface area contributed by atoms with Crippen molar-refractivity contribution < 1.29 is 12.8 Å². The molecule has 3 aromatic carbocycles. The van der Waals surface area contributed by atoms with E-state index in [1.165, 1.54) is 12.1 Å². The summed E-state index contributed by atoms with van der Waals surface area (Å²) >= 11 is 5.82. The molecular formula is C21H15ClN2O3S. The molecule has 140 valence electrons. The zero-order chi connectivity index (χ0) is 19.6. The lowest BCUT2D eigenvalue weighted by Crippen LogP contribution is -2.12. The lowest BCUT2D eigenvalue weighted by Gasteiger charge is -2.08. The van der Waals surface area contributed by atoms with Crippen LogP contribution in [0, 0.1) is 0 Å². The van der Waals surface area contributed by atoms with Crippen molar-refractivity contribution in [3.63, 3.8) is 0 Å². The maximum absolute atomic E-state index is 12.5. The summed E-state index contributed by atoms with van der Waals surface area (Å²) in [5.41, 5.74) is 2.05.